The van der Waals surface area contributed by atoms with Crippen molar-refractivity contribution in [2.24, 2.45) is 0 Å². The molecule has 0 aliphatic rings. The summed E-state index contributed by atoms with van der Waals surface area (Å²) in [7, 11) is 0. The molecule has 94 valence electrons. The predicted octanol–water partition coefficient (Wildman–Crippen LogP) is 5.22. The van der Waals surface area contributed by atoms with Gasteiger partial charge in [0.05, 0.1) is 10.7 Å². The highest BCUT2D eigenvalue weighted by Crippen LogP contribution is 2.25. The van der Waals surface area contributed by atoms with E-state index in [1.807, 2.05) is 44.2 Å². The van der Waals surface area contributed by atoms with Gasteiger partial charge in [0.25, 0.3) is 0 Å². The lowest BCUT2D eigenvalue weighted by Crippen LogP contribution is -2.01. The topological polar surface area (TPSA) is 12.0 Å². The van der Waals surface area contributed by atoms with Crippen LogP contribution in [0.15, 0.2) is 36.4 Å². The van der Waals surface area contributed by atoms with E-state index < -0.39 is 0 Å². The molecule has 2 aromatic rings. The van der Waals surface area contributed by atoms with Gasteiger partial charge in [0.1, 0.15) is 0 Å². The lowest BCUT2D eigenvalue weighted by molar-refractivity contribution is 1.14. The van der Waals surface area contributed by atoms with Gasteiger partial charge < -0.3 is 5.32 Å². The van der Waals surface area contributed by atoms with Crippen LogP contribution in [0.4, 0.5) is 5.69 Å². The van der Waals surface area contributed by atoms with E-state index in [0.29, 0.717) is 6.54 Å². The zero-order valence-corrected chi connectivity index (χ0v) is 11.9. The number of rotatable bonds is 3. The molecular formula is C15H15Cl2N. The highest BCUT2D eigenvalue weighted by atomic mass is 35.5. The zero-order chi connectivity index (χ0) is 13.1. The third-order valence-electron chi connectivity index (χ3n) is 2.80. The number of halogens is 2. The predicted molar refractivity (Wildman–Crippen MR) is 79.7 cm³/mol. The summed E-state index contributed by atoms with van der Waals surface area (Å²) in [5.41, 5.74) is 4.35. The minimum atomic E-state index is 0.669. The average molecular weight is 280 g/mol. The summed E-state index contributed by atoms with van der Waals surface area (Å²) in [5, 5.41) is 4.82. The molecule has 2 rings (SSSR count). The molecule has 0 amide bonds. The van der Waals surface area contributed by atoms with Crippen LogP contribution in [0.5, 0.6) is 0 Å². The largest absolute Gasteiger partial charge is 0.380 e. The van der Waals surface area contributed by atoms with Gasteiger partial charge in [0, 0.05) is 11.6 Å². The van der Waals surface area contributed by atoms with Crippen molar-refractivity contribution < 1.29 is 0 Å². The first kappa shape index (κ1) is 13.3. The average Bonchev–Trinajstić information content (AvgIpc) is 2.32. The highest BCUT2D eigenvalue weighted by Gasteiger charge is 2.03. The fraction of sp³-hybridized carbons (Fsp3) is 0.200. The first-order chi connectivity index (χ1) is 8.56. The number of nitrogens with one attached hydrogen (secondary N) is 1. The molecule has 0 bridgehead atoms. The monoisotopic (exact) mass is 279 g/mol. The van der Waals surface area contributed by atoms with E-state index in [4.69, 9.17) is 23.2 Å². The van der Waals surface area contributed by atoms with Gasteiger partial charge in [0.2, 0.25) is 0 Å². The Balaban J connectivity index is 2.13. The van der Waals surface area contributed by atoms with E-state index in [-0.39, 0.29) is 0 Å². The summed E-state index contributed by atoms with van der Waals surface area (Å²) in [6.45, 7) is 4.74. The Morgan fingerprint density at radius 1 is 0.889 bits per heavy atom. The summed E-state index contributed by atoms with van der Waals surface area (Å²) < 4.78 is 0. The van der Waals surface area contributed by atoms with Gasteiger partial charge in [0.15, 0.2) is 0 Å². The van der Waals surface area contributed by atoms with Crippen LogP contribution in [0.2, 0.25) is 10.0 Å². The van der Waals surface area contributed by atoms with Crippen LogP contribution >= 0.6 is 23.2 Å². The van der Waals surface area contributed by atoms with Crippen molar-refractivity contribution in [3.8, 4) is 0 Å². The molecule has 0 aliphatic carbocycles. The van der Waals surface area contributed by atoms with Gasteiger partial charge in [-0.2, -0.15) is 0 Å². The van der Waals surface area contributed by atoms with Crippen molar-refractivity contribution in [3.05, 3.63) is 63.1 Å². The van der Waals surface area contributed by atoms with Crippen LogP contribution < -0.4 is 5.32 Å². The van der Waals surface area contributed by atoms with Gasteiger partial charge in [-0.15, -0.1) is 0 Å². The third kappa shape index (κ3) is 3.18. The summed E-state index contributed by atoms with van der Waals surface area (Å²) in [6.07, 6.45) is 0. The Hall–Kier alpha value is -1.18. The molecule has 0 atom stereocenters. The number of anilines is 1. The molecule has 0 radical (unpaired) electrons. The van der Waals surface area contributed by atoms with Crippen LogP contribution in [0.25, 0.3) is 0 Å². The van der Waals surface area contributed by atoms with Crippen LogP contribution in [0.3, 0.4) is 0 Å². The normalized spacial score (nSPS) is 10.4. The molecule has 0 aromatic heterocycles. The SMILES string of the molecule is Cc1ccc(CNc2cc(C)ccc2Cl)c(Cl)c1. The molecule has 0 aliphatic heterocycles. The third-order valence-corrected chi connectivity index (χ3v) is 3.48. The number of aryl methyl sites for hydroxylation is 2. The Labute approximate surface area is 118 Å². The van der Waals surface area contributed by atoms with E-state index in [2.05, 4.69) is 11.4 Å². The molecule has 3 heteroatoms. The Morgan fingerprint density at radius 2 is 1.56 bits per heavy atom. The maximum Gasteiger partial charge on any atom is 0.0637 e. The van der Waals surface area contributed by atoms with Crippen molar-refractivity contribution in [2.75, 3.05) is 5.32 Å². The lowest BCUT2D eigenvalue weighted by Gasteiger charge is -2.11. The van der Waals surface area contributed by atoms with Crippen molar-refractivity contribution in [3.63, 3.8) is 0 Å². The molecule has 0 fully saturated rings. The van der Waals surface area contributed by atoms with Crippen LogP contribution in [0, 0.1) is 13.8 Å². The Kier molecular flexibility index (Phi) is 4.15. The molecule has 0 saturated carbocycles. The van der Waals surface area contributed by atoms with Gasteiger partial charge in [-0.25, -0.2) is 0 Å². The van der Waals surface area contributed by atoms with E-state index in [9.17, 15) is 0 Å². The summed E-state index contributed by atoms with van der Waals surface area (Å²) in [6, 6.07) is 12.0. The van der Waals surface area contributed by atoms with Crippen molar-refractivity contribution in [2.45, 2.75) is 20.4 Å². The molecule has 0 unspecified atom stereocenters. The molecule has 1 nitrogen and oxygen atoms in total. The molecule has 1 N–H and O–H groups in total. The lowest BCUT2D eigenvalue weighted by atomic mass is 10.1. The van der Waals surface area contributed by atoms with Crippen molar-refractivity contribution in [1.82, 2.24) is 0 Å². The minimum absolute atomic E-state index is 0.669. The van der Waals surface area contributed by atoms with Crippen molar-refractivity contribution in [1.29, 1.82) is 0 Å². The Morgan fingerprint density at radius 3 is 2.28 bits per heavy atom. The number of hydrogen-bond acceptors (Lipinski definition) is 1. The fourth-order valence-corrected chi connectivity index (χ4v) is 2.25. The second-order valence-corrected chi connectivity index (χ2v) is 5.25. The van der Waals surface area contributed by atoms with Gasteiger partial charge >= 0.3 is 0 Å². The van der Waals surface area contributed by atoms with Gasteiger partial charge in [-0.1, -0.05) is 41.4 Å². The van der Waals surface area contributed by atoms with Gasteiger partial charge in [-0.3, -0.25) is 0 Å². The maximum absolute atomic E-state index is 6.19. The summed E-state index contributed by atoms with van der Waals surface area (Å²) >= 11 is 12.3. The van der Waals surface area contributed by atoms with Crippen LogP contribution in [0.1, 0.15) is 16.7 Å². The molecule has 0 spiro atoms. The fourth-order valence-electron chi connectivity index (χ4n) is 1.76. The number of hydrogen-bond donors (Lipinski definition) is 1. The van der Waals surface area contributed by atoms with E-state index >= 15 is 0 Å². The minimum Gasteiger partial charge on any atom is -0.380 e. The molecular weight excluding hydrogens is 265 g/mol. The maximum atomic E-state index is 6.19. The second kappa shape index (κ2) is 5.64. The Bertz CT molecular complexity index is 564. The smallest absolute Gasteiger partial charge is 0.0637 e. The zero-order valence-electron chi connectivity index (χ0n) is 10.4. The van der Waals surface area contributed by atoms with Crippen LogP contribution in [-0.4, -0.2) is 0 Å². The molecule has 18 heavy (non-hydrogen) atoms. The van der Waals surface area contributed by atoms with E-state index in [0.717, 1.165) is 26.9 Å². The molecule has 0 heterocycles. The number of benzene rings is 2. The molecule has 0 saturated heterocycles. The first-order valence-corrected chi connectivity index (χ1v) is 6.57. The van der Waals surface area contributed by atoms with E-state index in [1.165, 1.54) is 5.56 Å². The van der Waals surface area contributed by atoms with Crippen molar-refractivity contribution >= 4 is 28.9 Å². The molecule has 2 aromatic carbocycles. The van der Waals surface area contributed by atoms with E-state index in [1.54, 1.807) is 0 Å². The van der Waals surface area contributed by atoms with Gasteiger partial charge in [-0.05, 0) is 48.7 Å². The quantitative estimate of drug-likeness (QED) is 0.812. The first-order valence-electron chi connectivity index (χ1n) is 5.81. The van der Waals surface area contributed by atoms with Crippen LogP contribution in [-0.2, 0) is 6.54 Å². The summed E-state index contributed by atoms with van der Waals surface area (Å²) in [5.74, 6) is 0. The standard InChI is InChI=1S/C15H15Cl2N/c1-10-3-5-12(14(17)7-10)9-18-15-8-11(2)4-6-13(15)16/h3-8,18H,9H2,1-2H3. The second-order valence-electron chi connectivity index (χ2n) is 4.43. The highest BCUT2D eigenvalue weighted by molar-refractivity contribution is 6.33. The summed E-state index contributed by atoms with van der Waals surface area (Å²) in [4.78, 5) is 0.